The van der Waals surface area contributed by atoms with Gasteiger partial charge in [0.1, 0.15) is 23.0 Å². The molecule has 0 atom stereocenters. The summed E-state index contributed by atoms with van der Waals surface area (Å²) in [6.07, 6.45) is 17.2. The smallest absolute Gasteiger partial charge is 0.122 e. The van der Waals surface area contributed by atoms with Crippen LogP contribution in [0.4, 0.5) is 0 Å². The lowest BCUT2D eigenvalue weighted by atomic mass is 10.0. The largest absolute Gasteiger partial charge is 0.497 e. The van der Waals surface area contributed by atoms with Crippen molar-refractivity contribution in [1.29, 1.82) is 0 Å². The molecule has 0 aromatic heterocycles. The van der Waals surface area contributed by atoms with Crippen LogP contribution in [0.2, 0.25) is 0 Å². The molecule has 2 rings (SSSR count). The minimum absolute atomic E-state index is 0.901. The zero-order chi connectivity index (χ0) is 28.0. The molecular weight excluding hydrogens is 528 g/mol. The van der Waals surface area contributed by atoms with Crippen LogP contribution in [0.3, 0.4) is 0 Å². The second-order valence-electron chi connectivity index (χ2n) is 9.81. The third-order valence-corrected chi connectivity index (χ3v) is 8.60. The first-order valence-corrected chi connectivity index (χ1v) is 16.4. The van der Waals surface area contributed by atoms with E-state index in [2.05, 4.69) is 12.1 Å². The van der Waals surface area contributed by atoms with Gasteiger partial charge in [0.2, 0.25) is 0 Å². The van der Waals surface area contributed by atoms with Gasteiger partial charge >= 0.3 is 0 Å². The van der Waals surface area contributed by atoms with Crippen LogP contribution in [-0.4, -0.2) is 39.9 Å². The fourth-order valence-electron chi connectivity index (χ4n) is 4.62. The normalized spacial score (nSPS) is 11.0. The van der Waals surface area contributed by atoms with Crippen LogP contribution in [0.5, 0.6) is 23.0 Å². The third kappa shape index (κ3) is 14.5. The van der Waals surface area contributed by atoms with Crippen LogP contribution >= 0.6 is 24.1 Å². The van der Waals surface area contributed by atoms with Gasteiger partial charge < -0.3 is 18.9 Å². The number of benzene rings is 2. The summed E-state index contributed by atoms with van der Waals surface area (Å²) in [6.45, 7) is 0. The molecule has 0 aliphatic heterocycles. The number of methoxy groups -OCH3 is 4. The van der Waals surface area contributed by atoms with Gasteiger partial charge in [0.25, 0.3) is 0 Å². The molecule has 0 heterocycles. The highest BCUT2D eigenvalue weighted by Crippen LogP contribution is 2.27. The second-order valence-corrected chi connectivity index (χ2v) is 11.6. The molecule has 0 N–H and O–H groups in total. The van der Waals surface area contributed by atoms with Crippen molar-refractivity contribution in [3.63, 3.8) is 0 Å². The predicted molar refractivity (Wildman–Crippen MR) is 168 cm³/mol. The summed E-state index contributed by atoms with van der Waals surface area (Å²) in [5.74, 6) is 5.90. The monoisotopic (exact) mass is 578 g/mol. The zero-order valence-electron chi connectivity index (χ0n) is 24.6. The summed E-state index contributed by atoms with van der Waals surface area (Å²) in [6, 6.07) is 12.1. The van der Waals surface area contributed by atoms with Gasteiger partial charge in [-0.15, -0.1) is 0 Å². The molecule has 5 nitrogen and oxygen atoms in total. The first-order valence-electron chi connectivity index (χ1n) is 14.5. The van der Waals surface area contributed by atoms with Crippen LogP contribution in [0, 0.1) is 0 Å². The maximum atomic E-state index is 5.69. The summed E-state index contributed by atoms with van der Waals surface area (Å²) in [7, 11) is 6.89. The highest BCUT2D eigenvalue weighted by atomic mass is 32.2. The molecule has 0 unspecified atom stereocenters. The fraction of sp³-hybridized carbons (Fsp3) is 0.625. The SMILES string of the molecule is COc1ccc(OC)c(CCCCCCCCSOSCCCCCCCCc2cc(OC)ccc2OC)c1. The van der Waals surface area contributed by atoms with Crippen LogP contribution in [0.25, 0.3) is 0 Å². The van der Waals surface area contributed by atoms with Crippen molar-refractivity contribution in [2.24, 2.45) is 0 Å². The molecule has 0 saturated heterocycles. The van der Waals surface area contributed by atoms with Gasteiger partial charge in [0.15, 0.2) is 0 Å². The van der Waals surface area contributed by atoms with Gasteiger partial charge in [0.05, 0.1) is 28.4 Å². The van der Waals surface area contributed by atoms with Crippen molar-refractivity contribution >= 4 is 24.1 Å². The number of aryl methyl sites for hydroxylation is 2. The molecule has 220 valence electrons. The molecule has 0 bridgehead atoms. The van der Waals surface area contributed by atoms with Crippen LogP contribution in [-0.2, 0) is 16.5 Å². The van der Waals surface area contributed by atoms with Gasteiger partial charge in [-0.3, -0.25) is 0 Å². The lowest BCUT2D eigenvalue weighted by Gasteiger charge is -2.10. The molecule has 2 aromatic carbocycles. The third-order valence-electron chi connectivity index (χ3n) is 6.92. The highest BCUT2D eigenvalue weighted by molar-refractivity contribution is 8.07. The molecule has 0 aliphatic rings. The van der Waals surface area contributed by atoms with E-state index < -0.39 is 0 Å². The van der Waals surface area contributed by atoms with Crippen molar-refractivity contribution in [3.8, 4) is 23.0 Å². The fourth-order valence-corrected chi connectivity index (χ4v) is 6.08. The molecule has 2 aromatic rings. The van der Waals surface area contributed by atoms with Gasteiger partial charge in [-0.1, -0.05) is 51.4 Å². The Balaban J connectivity index is 1.33. The zero-order valence-corrected chi connectivity index (χ0v) is 26.3. The number of hydrogen-bond donors (Lipinski definition) is 0. The standard InChI is InChI=1S/C32H50O5S2/c1-33-29-19-21-31(35-3)27(25-29)17-13-9-5-7-11-15-23-38-37-39-24-16-12-8-6-10-14-18-28-26-30(34-2)20-22-32(28)36-4/h19-22,25-26H,5-18,23-24H2,1-4H3. The maximum absolute atomic E-state index is 5.69. The van der Waals surface area contributed by atoms with E-state index in [1.165, 1.54) is 88.2 Å². The molecule has 39 heavy (non-hydrogen) atoms. The molecule has 7 heteroatoms. The number of rotatable bonds is 24. The molecule has 0 amide bonds. The van der Waals surface area contributed by atoms with Gasteiger partial charge in [-0.25, -0.2) is 3.63 Å². The molecule has 0 radical (unpaired) electrons. The molecule has 0 aliphatic carbocycles. The summed E-state index contributed by atoms with van der Waals surface area (Å²) in [5, 5.41) is 0. The minimum Gasteiger partial charge on any atom is -0.497 e. The molecule has 0 fully saturated rings. The lowest BCUT2D eigenvalue weighted by Crippen LogP contribution is -1.94. The topological polar surface area (TPSA) is 46.2 Å². The molecule has 0 saturated carbocycles. The Kier molecular flexibility index (Phi) is 18.9. The summed E-state index contributed by atoms with van der Waals surface area (Å²) < 4.78 is 27.3. The first kappa shape index (κ1) is 33.5. The van der Waals surface area contributed by atoms with Crippen molar-refractivity contribution in [1.82, 2.24) is 0 Å². The van der Waals surface area contributed by atoms with E-state index in [1.54, 1.807) is 52.5 Å². The Labute approximate surface area is 246 Å². The summed E-state index contributed by atoms with van der Waals surface area (Å²) in [5.41, 5.74) is 2.48. The van der Waals surface area contributed by atoms with Crippen molar-refractivity contribution in [2.45, 2.75) is 89.9 Å². The van der Waals surface area contributed by atoms with E-state index in [9.17, 15) is 0 Å². The molecular formula is C32H50O5S2. The quantitative estimate of drug-likeness (QED) is 0.0908. The number of unbranched alkanes of at least 4 members (excludes halogenated alkanes) is 10. The Morgan fingerprint density at radius 2 is 0.846 bits per heavy atom. The van der Waals surface area contributed by atoms with E-state index in [0.717, 1.165) is 47.3 Å². The van der Waals surface area contributed by atoms with Gasteiger partial charge in [0, 0.05) is 35.6 Å². The van der Waals surface area contributed by atoms with E-state index in [0.29, 0.717) is 0 Å². The maximum Gasteiger partial charge on any atom is 0.122 e. The number of ether oxygens (including phenoxy) is 4. The summed E-state index contributed by atoms with van der Waals surface area (Å²) >= 11 is 3.25. The predicted octanol–water partition coefficient (Wildman–Crippen LogP) is 9.50. The van der Waals surface area contributed by atoms with E-state index >= 15 is 0 Å². The average Bonchev–Trinajstić information content (AvgIpc) is 2.97. The average molecular weight is 579 g/mol. The van der Waals surface area contributed by atoms with E-state index in [-0.39, 0.29) is 0 Å². The van der Waals surface area contributed by atoms with Gasteiger partial charge in [-0.05, 0) is 86.1 Å². The highest BCUT2D eigenvalue weighted by Gasteiger charge is 2.06. The van der Waals surface area contributed by atoms with Gasteiger partial charge in [-0.2, -0.15) is 0 Å². The van der Waals surface area contributed by atoms with Crippen LogP contribution in [0.15, 0.2) is 36.4 Å². The van der Waals surface area contributed by atoms with Crippen molar-refractivity contribution in [3.05, 3.63) is 47.5 Å². The Morgan fingerprint density at radius 1 is 0.462 bits per heavy atom. The van der Waals surface area contributed by atoms with Crippen molar-refractivity contribution in [2.75, 3.05) is 39.9 Å². The first-order chi connectivity index (χ1) is 19.2. The van der Waals surface area contributed by atoms with E-state index in [4.69, 9.17) is 22.6 Å². The molecule has 0 spiro atoms. The van der Waals surface area contributed by atoms with Crippen LogP contribution < -0.4 is 18.9 Å². The Morgan fingerprint density at radius 3 is 1.23 bits per heavy atom. The Hall–Kier alpha value is -1.70. The lowest BCUT2D eigenvalue weighted by molar-refractivity contribution is 0.398. The number of hydrogen-bond acceptors (Lipinski definition) is 7. The Bertz CT molecular complexity index is 821. The minimum atomic E-state index is 0.901. The second kappa shape index (κ2) is 22.0. The van der Waals surface area contributed by atoms with E-state index in [1.807, 2.05) is 24.3 Å². The van der Waals surface area contributed by atoms with Crippen molar-refractivity contribution < 1.29 is 22.6 Å². The van der Waals surface area contributed by atoms with Crippen LogP contribution in [0.1, 0.15) is 88.2 Å². The summed E-state index contributed by atoms with van der Waals surface area (Å²) in [4.78, 5) is 0.